The van der Waals surface area contributed by atoms with Crippen LogP contribution in [0.2, 0.25) is 0 Å². The quantitative estimate of drug-likeness (QED) is 0.813. The van der Waals surface area contributed by atoms with Crippen molar-refractivity contribution in [2.45, 2.75) is 71.0 Å². The van der Waals surface area contributed by atoms with E-state index >= 15 is 0 Å². The molecule has 1 aliphatic carbocycles. The number of rotatable bonds is 3. The Hall–Kier alpha value is -0.0800. The molecular weight excluding hydrogens is 208 g/mol. The van der Waals surface area contributed by atoms with Crippen LogP contribution >= 0.6 is 0 Å². The highest BCUT2D eigenvalue weighted by Crippen LogP contribution is 2.34. The summed E-state index contributed by atoms with van der Waals surface area (Å²) in [6.45, 7) is 8.60. The Morgan fingerprint density at radius 3 is 2.35 bits per heavy atom. The van der Waals surface area contributed by atoms with Crippen LogP contribution in [0, 0.1) is 11.8 Å². The van der Waals surface area contributed by atoms with Gasteiger partial charge in [-0.3, -0.25) is 4.90 Å². The third kappa shape index (κ3) is 2.68. The summed E-state index contributed by atoms with van der Waals surface area (Å²) < 4.78 is 0. The summed E-state index contributed by atoms with van der Waals surface area (Å²) in [5.41, 5.74) is 0. The normalized spacial score (nSPS) is 38.5. The van der Waals surface area contributed by atoms with Gasteiger partial charge in [-0.05, 0) is 52.0 Å². The van der Waals surface area contributed by atoms with Crippen LogP contribution in [0.3, 0.4) is 0 Å². The molecule has 0 aromatic rings. The van der Waals surface area contributed by atoms with E-state index in [9.17, 15) is 0 Å². The Labute approximate surface area is 107 Å². The maximum atomic E-state index is 3.49. The maximum Gasteiger partial charge on any atom is 0.0117 e. The molecule has 0 spiro atoms. The number of hydrogen-bond donors (Lipinski definition) is 1. The van der Waals surface area contributed by atoms with Gasteiger partial charge in [-0.1, -0.05) is 19.8 Å². The van der Waals surface area contributed by atoms with Crippen LogP contribution < -0.4 is 5.32 Å². The van der Waals surface area contributed by atoms with Gasteiger partial charge in [0.25, 0.3) is 0 Å². The minimum Gasteiger partial charge on any atom is -0.317 e. The molecule has 1 heterocycles. The first kappa shape index (κ1) is 13.4. The largest absolute Gasteiger partial charge is 0.317 e. The molecule has 2 heteroatoms. The maximum absolute atomic E-state index is 3.49. The van der Waals surface area contributed by atoms with Crippen molar-refractivity contribution in [1.29, 1.82) is 0 Å². The van der Waals surface area contributed by atoms with Crippen LogP contribution in [0.4, 0.5) is 0 Å². The number of piperidine rings is 1. The third-order valence-corrected chi connectivity index (χ3v) is 5.59. The van der Waals surface area contributed by atoms with Gasteiger partial charge >= 0.3 is 0 Å². The van der Waals surface area contributed by atoms with Gasteiger partial charge < -0.3 is 5.32 Å². The van der Waals surface area contributed by atoms with Crippen molar-refractivity contribution in [1.82, 2.24) is 10.2 Å². The van der Waals surface area contributed by atoms with Gasteiger partial charge in [0, 0.05) is 24.7 Å². The Morgan fingerprint density at radius 2 is 1.76 bits per heavy atom. The van der Waals surface area contributed by atoms with Gasteiger partial charge in [-0.15, -0.1) is 0 Å². The minimum absolute atomic E-state index is 0.719. The molecule has 2 aliphatic rings. The summed E-state index contributed by atoms with van der Waals surface area (Å²) in [7, 11) is 2.12. The first-order valence-corrected chi connectivity index (χ1v) is 7.58. The van der Waals surface area contributed by atoms with Gasteiger partial charge in [0.15, 0.2) is 0 Å². The second-order valence-electron chi connectivity index (χ2n) is 6.31. The molecule has 0 radical (unpaired) electrons. The van der Waals surface area contributed by atoms with E-state index in [1.54, 1.807) is 0 Å². The van der Waals surface area contributed by atoms with Gasteiger partial charge in [0.05, 0.1) is 0 Å². The highest BCUT2D eigenvalue weighted by atomic mass is 15.2. The molecule has 1 N–H and O–H groups in total. The molecule has 2 fully saturated rings. The van der Waals surface area contributed by atoms with Crippen LogP contribution in [0.15, 0.2) is 0 Å². The lowest BCUT2D eigenvalue weighted by molar-refractivity contribution is 0.0329. The number of hydrogen-bond acceptors (Lipinski definition) is 2. The van der Waals surface area contributed by atoms with E-state index in [-0.39, 0.29) is 0 Å². The van der Waals surface area contributed by atoms with E-state index in [0.29, 0.717) is 0 Å². The van der Waals surface area contributed by atoms with Gasteiger partial charge in [0.2, 0.25) is 0 Å². The molecule has 0 amide bonds. The first-order valence-electron chi connectivity index (χ1n) is 7.58. The average Bonchev–Trinajstić information content (AvgIpc) is 2.85. The second-order valence-corrected chi connectivity index (χ2v) is 6.31. The van der Waals surface area contributed by atoms with E-state index in [0.717, 1.165) is 30.0 Å². The van der Waals surface area contributed by atoms with Crippen molar-refractivity contribution in [2.75, 3.05) is 13.6 Å². The van der Waals surface area contributed by atoms with Crippen LogP contribution in [0.1, 0.15) is 52.9 Å². The van der Waals surface area contributed by atoms with Crippen molar-refractivity contribution in [2.24, 2.45) is 11.8 Å². The van der Waals surface area contributed by atoms with E-state index in [1.165, 1.54) is 38.6 Å². The fourth-order valence-electron chi connectivity index (χ4n) is 4.09. The Morgan fingerprint density at radius 1 is 1.12 bits per heavy atom. The molecule has 0 bridgehead atoms. The molecule has 0 aromatic carbocycles. The molecule has 2 nitrogen and oxygen atoms in total. The first-order chi connectivity index (χ1) is 8.15. The number of likely N-dealkylation sites (tertiary alicyclic amines) is 1. The van der Waals surface area contributed by atoms with Crippen molar-refractivity contribution in [3.8, 4) is 0 Å². The molecule has 1 saturated carbocycles. The van der Waals surface area contributed by atoms with E-state index < -0.39 is 0 Å². The highest BCUT2D eigenvalue weighted by Gasteiger charge is 2.36. The molecule has 4 atom stereocenters. The second kappa shape index (κ2) is 5.71. The summed E-state index contributed by atoms with van der Waals surface area (Å²) in [5.74, 6) is 1.74. The SMILES string of the molecule is CNC1CCN(C(C)C2CCCC2)C(C)C1C. The molecule has 2 rings (SSSR count). The van der Waals surface area contributed by atoms with Crippen LogP contribution in [-0.4, -0.2) is 36.6 Å². The van der Waals surface area contributed by atoms with E-state index in [4.69, 9.17) is 0 Å². The standard InChI is InChI=1S/C15H30N2/c1-11-12(2)17(10-9-15(11)16-4)13(3)14-7-5-6-8-14/h11-16H,5-10H2,1-4H3. The summed E-state index contributed by atoms with van der Waals surface area (Å²) in [6.07, 6.45) is 7.18. The van der Waals surface area contributed by atoms with Crippen molar-refractivity contribution in [3.05, 3.63) is 0 Å². The highest BCUT2D eigenvalue weighted by molar-refractivity contribution is 4.92. The summed E-state index contributed by atoms with van der Waals surface area (Å²) in [4.78, 5) is 2.79. The average molecular weight is 238 g/mol. The minimum atomic E-state index is 0.719. The lowest BCUT2D eigenvalue weighted by atomic mass is 9.84. The summed E-state index contributed by atoms with van der Waals surface area (Å²) >= 11 is 0. The fourth-order valence-corrected chi connectivity index (χ4v) is 4.09. The number of nitrogens with one attached hydrogen (secondary N) is 1. The Balaban J connectivity index is 1.96. The summed E-state index contributed by atoms with van der Waals surface area (Å²) in [6, 6.07) is 2.25. The lowest BCUT2D eigenvalue weighted by Gasteiger charge is -2.47. The lowest BCUT2D eigenvalue weighted by Crippen LogP contribution is -2.56. The zero-order valence-corrected chi connectivity index (χ0v) is 12.1. The monoisotopic (exact) mass is 238 g/mol. The van der Waals surface area contributed by atoms with Crippen LogP contribution in [-0.2, 0) is 0 Å². The fraction of sp³-hybridized carbons (Fsp3) is 1.00. The van der Waals surface area contributed by atoms with E-state index in [1.807, 2.05) is 0 Å². The molecule has 17 heavy (non-hydrogen) atoms. The summed E-state index contributed by atoms with van der Waals surface area (Å²) in [5, 5.41) is 3.49. The van der Waals surface area contributed by atoms with Crippen LogP contribution in [0.5, 0.6) is 0 Å². The molecule has 0 aromatic heterocycles. The molecule has 1 saturated heterocycles. The van der Waals surface area contributed by atoms with Crippen molar-refractivity contribution < 1.29 is 0 Å². The smallest absolute Gasteiger partial charge is 0.0117 e. The molecule has 4 unspecified atom stereocenters. The van der Waals surface area contributed by atoms with Crippen molar-refractivity contribution >= 4 is 0 Å². The predicted molar refractivity (Wildman–Crippen MR) is 74.2 cm³/mol. The Kier molecular flexibility index (Phi) is 4.48. The molecule has 100 valence electrons. The third-order valence-electron chi connectivity index (χ3n) is 5.59. The Bertz CT molecular complexity index is 235. The van der Waals surface area contributed by atoms with Gasteiger partial charge in [0.1, 0.15) is 0 Å². The topological polar surface area (TPSA) is 15.3 Å². The van der Waals surface area contributed by atoms with Crippen LogP contribution in [0.25, 0.3) is 0 Å². The zero-order valence-electron chi connectivity index (χ0n) is 12.1. The number of nitrogens with zero attached hydrogens (tertiary/aromatic N) is 1. The molecular formula is C15H30N2. The predicted octanol–water partition coefficient (Wildman–Crippen LogP) is 2.88. The van der Waals surface area contributed by atoms with Gasteiger partial charge in [-0.25, -0.2) is 0 Å². The van der Waals surface area contributed by atoms with Crippen molar-refractivity contribution in [3.63, 3.8) is 0 Å². The molecule has 1 aliphatic heterocycles. The van der Waals surface area contributed by atoms with E-state index in [2.05, 4.69) is 38.0 Å². The van der Waals surface area contributed by atoms with Gasteiger partial charge in [-0.2, -0.15) is 0 Å². The zero-order chi connectivity index (χ0) is 12.4.